The van der Waals surface area contributed by atoms with Crippen LogP contribution in [-0.4, -0.2) is 11.1 Å². The molecule has 0 amide bonds. The number of carboxylic acid groups (broad SMARTS) is 1. The Morgan fingerprint density at radius 1 is 1.20 bits per heavy atom. The second kappa shape index (κ2) is 5.41. The Bertz CT molecular complexity index is 697. The number of aromatic carboxylic acids is 1. The van der Waals surface area contributed by atoms with Gasteiger partial charge in [0, 0.05) is 11.3 Å². The minimum atomic E-state index is -1.40. The van der Waals surface area contributed by atoms with Crippen LogP contribution in [0.3, 0.4) is 0 Å². The lowest BCUT2D eigenvalue weighted by Crippen LogP contribution is -2.03. The summed E-state index contributed by atoms with van der Waals surface area (Å²) in [5.74, 6) is -0.982. The van der Waals surface area contributed by atoms with Crippen LogP contribution in [-0.2, 0) is 0 Å². The predicted molar refractivity (Wildman–Crippen MR) is 71.0 cm³/mol. The monoisotopic (exact) mass is 273 g/mol. The van der Waals surface area contributed by atoms with E-state index in [0.29, 0.717) is 11.3 Å². The van der Waals surface area contributed by atoms with Crippen LogP contribution >= 0.6 is 0 Å². The fraction of sp³-hybridized carbons (Fsp3) is 0. The van der Waals surface area contributed by atoms with Crippen molar-refractivity contribution in [3.63, 3.8) is 0 Å². The van der Waals surface area contributed by atoms with E-state index < -0.39 is 28.9 Å². The Labute approximate surface area is 113 Å². The number of terminal acetylenes is 1. The highest BCUT2D eigenvalue weighted by atomic mass is 19.1. The summed E-state index contributed by atoms with van der Waals surface area (Å²) in [5.41, 5.74) is 0.0754. The van der Waals surface area contributed by atoms with Gasteiger partial charge in [-0.05, 0) is 30.3 Å². The maximum Gasteiger partial charge on any atom is 0.335 e. The first-order chi connectivity index (χ1) is 9.51. The minimum absolute atomic E-state index is 0.404. The molecular formula is C15H9F2NO2. The second-order valence-corrected chi connectivity index (χ2v) is 3.97. The van der Waals surface area contributed by atoms with Crippen molar-refractivity contribution in [3.05, 3.63) is 59.2 Å². The van der Waals surface area contributed by atoms with Gasteiger partial charge < -0.3 is 10.4 Å². The zero-order valence-corrected chi connectivity index (χ0v) is 10.2. The number of benzene rings is 2. The van der Waals surface area contributed by atoms with Crippen LogP contribution in [0.25, 0.3) is 0 Å². The van der Waals surface area contributed by atoms with E-state index in [1.807, 2.05) is 0 Å². The Morgan fingerprint density at radius 2 is 1.85 bits per heavy atom. The summed E-state index contributed by atoms with van der Waals surface area (Å²) in [7, 11) is 0. The molecule has 20 heavy (non-hydrogen) atoms. The van der Waals surface area contributed by atoms with Crippen LogP contribution < -0.4 is 5.32 Å². The van der Waals surface area contributed by atoms with Gasteiger partial charge in [-0.1, -0.05) is 12.0 Å². The standard InChI is InChI=1S/C15H9F2NO2/c1-2-9-4-3-5-11(6-9)18-14-12(16)7-10(15(19)20)8-13(14)17/h1,3-8,18H,(H,19,20). The van der Waals surface area contributed by atoms with Gasteiger partial charge in [0.25, 0.3) is 0 Å². The topological polar surface area (TPSA) is 49.3 Å². The van der Waals surface area contributed by atoms with E-state index in [4.69, 9.17) is 11.5 Å². The minimum Gasteiger partial charge on any atom is -0.478 e. The van der Waals surface area contributed by atoms with Crippen LogP contribution in [0.2, 0.25) is 0 Å². The van der Waals surface area contributed by atoms with Gasteiger partial charge in [-0.25, -0.2) is 13.6 Å². The zero-order chi connectivity index (χ0) is 14.7. The Balaban J connectivity index is 2.39. The van der Waals surface area contributed by atoms with Gasteiger partial charge >= 0.3 is 5.97 Å². The first-order valence-corrected chi connectivity index (χ1v) is 5.57. The summed E-state index contributed by atoms with van der Waals surface area (Å²) < 4.78 is 27.5. The fourth-order valence-electron chi connectivity index (χ4n) is 1.65. The molecule has 0 aromatic heterocycles. The number of carbonyl (C=O) groups is 1. The van der Waals surface area contributed by atoms with E-state index in [-0.39, 0.29) is 0 Å². The van der Waals surface area contributed by atoms with E-state index in [1.165, 1.54) is 0 Å². The van der Waals surface area contributed by atoms with Crippen LogP contribution in [0.4, 0.5) is 20.2 Å². The molecule has 0 aliphatic carbocycles. The van der Waals surface area contributed by atoms with Crippen LogP contribution in [0.5, 0.6) is 0 Å². The first kappa shape index (κ1) is 13.6. The Hall–Kier alpha value is -2.87. The lowest BCUT2D eigenvalue weighted by Gasteiger charge is -2.10. The van der Waals surface area contributed by atoms with Crippen molar-refractivity contribution in [2.75, 3.05) is 5.32 Å². The largest absolute Gasteiger partial charge is 0.478 e. The van der Waals surface area contributed by atoms with Gasteiger partial charge in [0.2, 0.25) is 0 Å². The van der Waals surface area contributed by atoms with Crippen molar-refractivity contribution in [3.8, 4) is 12.3 Å². The normalized spacial score (nSPS) is 9.85. The summed E-state index contributed by atoms with van der Waals surface area (Å²) in [6, 6.07) is 7.94. The maximum atomic E-state index is 13.7. The van der Waals surface area contributed by atoms with Crippen molar-refractivity contribution in [1.82, 2.24) is 0 Å². The van der Waals surface area contributed by atoms with E-state index in [9.17, 15) is 13.6 Å². The first-order valence-electron chi connectivity index (χ1n) is 5.57. The third-order valence-electron chi connectivity index (χ3n) is 2.59. The number of hydrogen-bond donors (Lipinski definition) is 2. The quantitative estimate of drug-likeness (QED) is 0.843. The molecule has 0 unspecified atom stereocenters. The number of anilines is 2. The molecule has 0 bridgehead atoms. The SMILES string of the molecule is C#Cc1cccc(Nc2c(F)cc(C(=O)O)cc2F)c1. The maximum absolute atomic E-state index is 13.7. The lowest BCUT2D eigenvalue weighted by atomic mass is 10.1. The summed E-state index contributed by atoms with van der Waals surface area (Å²) in [6.45, 7) is 0. The molecule has 0 aliphatic heterocycles. The van der Waals surface area contributed by atoms with Gasteiger partial charge in [-0.3, -0.25) is 0 Å². The average Bonchev–Trinajstić information content (AvgIpc) is 2.42. The molecule has 3 nitrogen and oxygen atoms in total. The van der Waals surface area contributed by atoms with Gasteiger partial charge in [-0.15, -0.1) is 6.42 Å². The second-order valence-electron chi connectivity index (χ2n) is 3.97. The molecule has 0 atom stereocenters. The number of halogens is 2. The summed E-state index contributed by atoms with van der Waals surface area (Å²) in [6.07, 6.45) is 5.23. The molecule has 100 valence electrons. The smallest absolute Gasteiger partial charge is 0.335 e. The van der Waals surface area contributed by atoms with Crippen molar-refractivity contribution in [2.24, 2.45) is 0 Å². The molecule has 5 heteroatoms. The third-order valence-corrected chi connectivity index (χ3v) is 2.59. The lowest BCUT2D eigenvalue weighted by molar-refractivity contribution is 0.0696. The zero-order valence-electron chi connectivity index (χ0n) is 10.2. The highest BCUT2D eigenvalue weighted by Gasteiger charge is 2.14. The molecular weight excluding hydrogens is 264 g/mol. The molecule has 2 aromatic carbocycles. The van der Waals surface area contributed by atoms with Crippen LogP contribution in [0.1, 0.15) is 15.9 Å². The van der Waals surface area contributed by atoms with Gasteiger partial charge in [0.05, 0.1) is 5.56 Å². The van der Waals surface area contributed by atoms with E-state index in [2.05, 4.69) is 11.2 Å². The van der Waals surface area contributed by atoms with Crippen LogP contribution in [0, 0.1) is 24.0 Å². The highest BCUT2D eigenvalue weighted by Crippen LogP contribution is 2.25. The molecule has 0 spiro atoms. The number of nitrogens with one attached hydrogen (secondary N) is 1. The highest BCUT2D eigenvalue weighted by molar-refractivity contribution is 5.88. The summed E-state index contributed by atoms with van der Waals surface area (Å²) in [4.78, 5) is 10.7. The molecule has 2 rings (SSSR count). The molecule has 0 fully saturated rings. The molecule has 0 saturated carbocycles. The Morgan fingerprint density at radius 3 is 2.40 bits per heavy atom. The molecule has 2 N–H and O–H groups in total. The number of carboxylic acids is 1. The molecule has 2 aromatic rings. The Kier molecular flexibility index (Phi) is 3.67. The summed E-state index contributed by atoms with van der Waals surface area (Å²) in [5, 5.41) is 11.2. The van der Waals surface area contributed by atoms with Crippen molar-refractivity contribution in [1.29, 1.82) is 0 Å². The van der Waals surface area contributed by atoms with Gasteiger partial charge in [-0.2, -0.15) is 0 Å². The molecule has 0 saturated heterocycles. The van der Waals surface area contributed by atoms with Gasteiger partial charge in [0.1, 0.15) is 5.69 Å². The molecule has 0 radical (unpaired) electrons. The van der Waals surface area contributed by atoms with E-state index in [0.717, 1.165) is 12.1 Å². The fourth-order valence-corrected chi connectivity index (χ4v) is 1.65. The summed E-state index contributed by atoms with van der Waals surface area (Å²) >= 11 is 0. The molecule has 0 aliphatic rings. The predicted octanol–water partition coefficient (Wildman–Crippen LogP) is 3.39. The average molecular weight is 273 g/mol. The van der Waals surface area contributed by atoms with Crippen molar-refractivity contribution >= 4 is 17.3 Å². The van der Waals surface area contributed by atoms with Crippen molar-refractivity contribution in [2.45, 2.75) is 0 Å². The van der Waals surface area contributed by atoms with Crippen molar-refractivity contribution < 1.29 is 18.7 Å². The van der Waals surface area contributed by atoms with Crippen LogP contribution in [0.15, 0.2) is 36.4 Å². The van der Waals surface area contributed by atoms with E-state index in [1.54, 1.807) is 24.3 Å². The molecule has 0 heterocycles. The van der Waals surface area contributed by atoms with E-state index >= 15 is 0 Å². The van der Waals surface area contributed by atoms with Gasteiger partial charge in [0.15, 0.2) is 11.6 Å². The number of hydrogen-bond acceptors (Lipinski definition) is 2. The number of rotatable bonds is 3. The third kappa shape index (κ3) is 2.75.